The maximum Gasteiger partial charge on any atom is 0.222 e. The third-order valence-electron chi connectivity index (χ3n) is 1.59. The van der Waals surface area contributed by atoms with Crippen molar-refractivity contribution in [1.82, 2.24) is 9.97 Å². The zero-order valence-electron chi connectivity index (χ0n) is 8.08. The van der Waals surface area contributed by atoms with Crippen molar-refractivity contribution in [3.8, 4) is 0 Å². The van der Waals surface area contributed by atoms with E-state index in [1.807, 2.05) is 7.85 Å². The van der Waals surface area contributed by atoms with Gasteiger partial charge in [0.15, 0.2) is 0 Å². The lowest BCUT2D eigenvalue weighted by molar-refractivity contribution is 0.197. The molecule has 1 aromatic rings. The normalized spacial score (nSPS) is 9.92. The predicted molar refractivity (Wildman–Crippen MR) is 55.2 cm³/mol. The molecule has 4 nitrogen and oxygen atoms in total. The summed E-state index contributed by atoms with van der Waals surface area (Å²) in [6.45, 7) is 1.61. The van der Waals surface area contributed by atoms with Gasteiger partial charge in [0.1, 0.15) is 7.85 Å². The van der Waals surface area contributed by atoms with E-state index in [9.17, 15) is 0 Å². The molecule has 0 spiro atoms. The molecule has 0 radical (unpaired) electrons. The van der Waals surface area contributed by atoms with Crippen LogP contribution in [0.1, 0.15) is 6.42 Å². The first-order valence-electron chi connectivity index (χ1n) is 4.34. The first kappa shape index (κ1) is 9.99. The monoisotopic (exact) mass is 179 g/mol. The van der Waals surface area contributed by atoms with Crippen molar-refractivity contribution in [3.63, 3.8) is 0 Å². The quantitative estimate of drug-likeness (QED) is 0.474. The van der Waals surface area contributed by atoms with Crippen LogP contribution in [0.15, 0.2) is 12.4 Å². The minimum atomic E-state index is 0.682. The lowest BCUT2D eigenvalue weighted by atomic mass is 10.0. The van der Waals surface area contributed by atoms with Gasteiger partial charge >= 0.3 is 0 Å². The fourth-order valence-corrected chi connectivity index (χ4v) is 0.901. The van der Waals surface area contributed by atoms with Gasteiger partial charge in [-0.1, -0.05) is 5.46 Å². The standard InChI is InChI=1S/C8H14BN3O/c1-13-4-2-3-10-8-11-5-7(9)6-12-8/h5-6H,2-4,9H2,1H3,(H,10,11,12). The van der Waals surface area contributed by atoms with E-state index >= 15 is 0 Å². The summed E-state index contributed by atoms with van der Waals surface area (Å²) in [5, 5.41) is 3.10. The van der Waals surface area contributed by atoms with Gasteiger partial charge in [0.2, 0.25) is 5.95 Å². The van der Waals surface area contributed by atoms with E-state index < -0.39 is 0 Å². The van der Waals surface area contributed by atoms with Crippen LogP contribution in [0.2, 0.25) is 0 Å². The van der Waals surface area contributed by atoms with E-state index in [0.29, 0.717) is 5.95 Å². The molecule has 0 aliphatic heterocycles. The lowest BCUT2D eigenvalue weighted by Gasteiger charge is -2.03. The Labute approximate surface area is 79.1 Å². The van der Waals surface area contributed by atoms with Crippen molar-refractivity contribution in [1.29, 1.82) is 0 Å². The molecule has 70 valence electrons. The van der Waals surface area contributed by atoms with Crippen molar-refractivity contribution in [2.24, 2.45) is 0 Å². The van der Waals surface area contributed by atoms with Gasteiger partial charge in [-0.25, -0.2) is 9.97 Å². The molecule has 0 atom stereocenters. The number of rotatable bonds is 5. The summed E-state index contributed by atoms with van der Waals surface area (Å²) in [6.07, 6.45) is 4.56. The Balaban J connectivity index is 2.25. The summed E-state index contributed by atoms with van der Waals surface area (Å²) in [4.78, 5) is 8.23. The minimum absolute atomic E-state index is 0.682. The number of hydrogen-bond acceptors (Lipinski definition) is 4. The first-order valence-corrected chi connectivity index (χ1v) is 4.34. The van der Waals surface area contributed by atoms with Gasteiger partial charge in [0.25, 0.3) is 0 Å². The van der Waals surface area contributed by atoms with Crippen LogP contribution < -0.4 is 10.8 Å². The van der Waals surface area contributed by atoms with E-state index in [1.54, 1.807) is 19.5 Å². The third kappa shape index (κ3) is 3.89. The summed E-state index contributed by atoms with van der Waals surface area (Å²) >= 11 is 0. The minimum Gasteiger partial charge on any atom is -0.385 e. The molecule has 0 bridgehead atoms. The molecule has 1 N–H and O–H groups in total. The average Bonchev–Trinajstić information content (AvgIpc) is 2.15. The fourth-order valence-electron chi connectivity index (χ4n) is 0.901. The highest BCUT2D eigenvalue weighted by molar-refractivity contribution is 6.31. The number of methoxy groups -OCH3 is 1. The number of anilines is 1. The van der Waals surface area contributed by atoms with E-state index in [1.165, 1.54) is 0 Å². The molecule has 0 aliphatic rings. The Bertz CT molecular complexity index is 240. The Hall–Kier alpha value is -1.10. The van der Waals surface area contributed by atoms with Crippen LogP contribution in [0.4, 0.5) is 5.95 Å². The largest absolute Gasteiger partial charge is 0.385 e. The predicted octanol–water partition coefficient (Wildman–Crippen LogP) is -0.817. The summed E-state index contributed by atoms with van der Waals surface area (Å²) in [5.74, 6) is 0.682. The van der Waals surface area contributed by atoms with Crippen molar-refractivity contribution in [2.75, 3.05) is 25.6 Å². The molecule has 1 rings (SSSR count). The zero-order valence-corrected chi connectivity index (χ0v) is 8.08. The molecule has 0 unspecified atom stereocenters. The Morgan fingerprint density at radius 3 is 2.77 bits per heavy atom. The first-order chi connectivity index (χ1) is 6.33. The highest BCUT2D eigenvalue weighted by atomic mass is 16.5. The fraction of sp³-hybridized carbons (Fsp3) is 0.500. The van der Waals surface area contributed by atoms with Crippen molar-refractivity contribution >= 4 is 19.3 Å². The molecule has 13 heavy (non-hydrogen) atoms. The van der Waals surface area contributed by atoms with Crippen LogP contribution in [0.3, 0.4) is 0 Å². The molecular weight excluding hydrogens is 165 g/mol. The Morgan fingerprint density at radius 2 is 2.15 bits per heavy atom. The summed E-state index contributed by atoms with van der Waals surface area (Å²) in [6, 6.07) is 0. The van der Waals surface area contributed by atoms with E-state index in [0.717, 1.165) is 25.0 Å². The van der Waals surface area contributed by atoms with Crippen molar-refractivity contribution in [2.45, 2.75) is 6.42 Å². The second kappa shape index (κ2) is 5.53. The number of ether oxygens (including phenoxy) is 1. The second-order valence-corrected chi connectivity index (χ2v) is 2.86. The van der Waals surface area contributed by atoms with Gasteiger partial charge in [-0.2, -0.15) is 0 Å². The number of aromatic nitrogens is 2. The highest BCUT2D eigenvalue weighted by Gasteiger charge is 1.93. The van der Waals surface area contributed by atoms with Gasteiger partial charge in [0, 0.05) is 32.7 Å². The number of hydrogen-bond donors (Lipinski definition) is 1. The maximum atomic E-state index is 4.92. The highest BCUT2D eigenvalue weighted by Crippen LogP contribution is 1.92. The number of nitrogens with one attached hydrogen (secondary N) is 1. The smallest absolute Gasteiger partial charge is 0.222 e. The molecule has 1 heterocycles. The average molecular weight is 179 g/mol. The summed E-state index contributed by atoms with van der Waals surface area (Å²) in [5.41, 5.74) is 1.07. The van der Waals surface area contributed by atoms with Gasteiger partial charge in [-0.3, -0.25) is 0 Å². The zero-order chi connectivity index (χ0) is 9.52. The third-order valence-corrected chi connectivity index (χ3v) is 1.59. The number of nitrogens with zero attached hydrogens (tertiary/aromatic N) is 2. The molecular formula is C8H14BN3O. The molecule has 1 aromatic heterocycles. The molecule has 0 saturated carbocycles. The van der Waals surface area contributed by atoms with Crippen LogP contribution >= 0.6 is 0 Å². The lowest BCUT2D eigenvalue weighted by Crippen LogP contribution is -2.11. The SMILES string of the molecule is Bc1cnc(NCCCOC)nc1. The molecule has 0 fully saturated rings. The van der Waals surface area contributed by atoms with Gasteiger partial charge in [-0.05, 0) is 6.42 Å². The van der Waals surface area contributed by atoms with Crippen molar-refractivity contribution < 1.29 is 4.74 Å². The Kier molecular flexibility index (Phi) is 4.25. The van der Waals surface area contributed by atoms with Gasteiger partial charge in [0.05, 0.1) is 0 Å². The molecule has 0 aliphatic carbocycles. The van der Waals surface area contributed by atoms with Gasteiger partial charge in [-0.15, -0.1) is 0 Å². The molecule has 0 amide bonds. The van der Waals surface area contributed by atoms with Gasteiger partial charge < -0.3 is 10.1 Å². The second-order valence-electron chi connectivity index (χ2n) is 2.86. The van der Waals surface area contributed by atoms with E-state index in [4.69, 9.17) is 4.74 Å². The van der Waals surface area contributed by atoms with E-state index in [2.05, 4.69) is 15.3 Å². The van der Waals surface area contributed by atoms with E-state index in [-0.39, 0.29) is 0 Å². The van der Waals surface area contributed by atoms with Crippen LogP contribution in [0, 0.1) is 0 Å². The van der Waals surface area contributed by atoms with Crippen LogP contribution in [-0.4, -0.2) is 38.1 Å². The van der Waals surface area contributed by atoms with Crippen LogP contribution in [0.25, 0.3) is 0 Å². The topological polar surface area (TPSA) is 47.0 Å². The Morgan fingerprint density at radius 1 is 1.46 bits per heavy atom. The molecule has 0 aromatic carbocycles. The maximum absolute atomic E-state index is 4.92. The van der Waals surface area contributed by atoms with Crippen LogP contribution in [0.5, 0.6) is 0 Å². The van der Waals surface area contributed by atoms with Crippen LogP contribution in [-0.2, 0) is 4.74 Å². The molecule has 5 heteroatoms. The van der Waals surface area contributed by atoms with Crippen molar-refractivity contribution in [3.05, 3.63) is 12.4 Å². The summed E-state index contributed by atoms with van der Waals surface area (Å²) < 4.78 is 4.92. The molecule has 0 saturated heterocycles. The summed E-state index contributed by atoms with van der Waals surface area (Å²) in [7, 11) is 3.66.